The van der Waals surface area contributed by atoms with Gasteiger partial charge in [0.25, 0.3) is 0 Å². The quantitative estimate of drug-likeness (QED) is 0.787. The molecule has 1 fully saturated rings. The van der Waals surface area contributed by atoms with E-state index in [4.69, 9.17) is 0 Å². The maximum atomic E-state index is 10.7. The lowest BCUT2D eigenvalue weighted by molar-refractivity contribution is 0.0242. The summed E-state index contributed by atoms with van der Waals surface area (Å²) in [5.74, 6) is 0.858. The van der Waals surface area contributed by atoms with E-state index in [1.54, 1.807) is 11.3 Å². The predicted molar refractivity (Wildman–Crippen MR) is 74.5 cm³/mol. The lowest BCUT2D eigenvalue weighted by atomic mass is 9.87. The largest absolute Gasteiger partial charge is 0.390 e. The van der Waals surface area contributed by atoms with Crippen LogP contribution in [0.5, 0.6) is 0 Å². The van der Waals surface area contributed by atoms with Crippen LogP contribution in [0.15, 0.2) is 16.8 Å². The van der Waals surface area contributed by atoms with E-state index in [2.05, 4.69) is 23.8 Å². The van der Waals surface area contributed by atoms with E-state index in [0.29, 0.717) is 0 Å². The van der Waals surface area contributed by atoms with Crippen LogP contribution in [0.3, 0.4) is 0 Å². The highest BCUT2D eigenvalue weighted by Crippen LogP contribution is 2.34. The molecule has 1 saturated carbocycles. The Morgan fingerprint density at radius 1 is 1.41 bits per heavy atom. The molecule has 2 rings (SSSR count). The molecule has 0 bridgehead atoms. The van der Waals surface area contributed by atoms with Crippen LogP contribution >= 0.6 is 11.3 Å². The maximum Gasteiger partial charge on any atom is 0.0688 e. The third-order valence-corrected chi connectivity index (χ3v) is 4.81. The van der Waals surface area contributed by atoms with Crippen LogP contribution in [0.1, 0.15) is 57.4 Å². The van der Waals surface area contributed by atoms with Crippen molar-refractivity contribution in [1.29, 1.82) is 0 Å². The molecular weight excluding hydrogens is 228 g/mol. The van der Waals surface area contributed by atoms with Crippen molar-refractivity contribution in [3.05, 3.63) is 22.4 Å². The first-order chi connectivity index (χ1) is 8.22. The van der Waals surface area contributed by atoms with E-state index in [-0.39, 0.29) is 0 Å². The Balaban J connectivity index is 1.92. The van der Waals surface area contributed by atoms with E-state index in [9.17, 15) is 5.11 Å². The van der Waals surface area contributed by atoms with Gasteiger partial charge in [0.05, 0.1) is 5.60 Å². The highest BCUT2D eigenvalue weighted by Gasteiger charge is 2.30. The van der Waals surface area contributed by atoms with Gasteiger partial charge in [0.2, 0.25) is 0 Å². The van der Waals surface area contributed by atoms with Crippen molar-refractivity contribution in [1.82, 2.24) is 0 Å². The van der Waals surface area contributed by atoms with Crippen molar-refractivity contribution in [2.75, 3.05) is 0 Å². The number of hydrogen-bond donors (Lipinski definition) is 1. The van der Waals surface area contributed by atoms with Gasteiger partial charge in [-0.25, -0.2) is 0 Å². The fourth-order valence-corrected chi connectivity index (χ4v) is 3.78. The first-order valence-corrected chi connectivity index (χ1v) is 7.89. The van der Waals surface area contributed by atoms with E-state index >= 15 is 0 Å². The molecule has 1 nitrogen and oxygen atoms in total. The molecule has 1 aliphatic rings. The predicted octanol–water partition coefficient (Wildman–Crippen LogP) is 4.40. The molecule has 1 N–H and O–H groups in total. The molecule has 2 heteroatoms. The lowest BCUT2D eigenvalue weighted by Crippen LogP contribution is -2.30. The van der Waals surface area contributed by atoms with Crippen LogP contribution in [-0.4, -0.2) is 10.7 Å². The molecule has 0 saturated heterocycles. The minimum atomic E-state index is -0.427. The van der Waals surface area contributed by atoms with Gasteiger partial charge in [-0.3, -0.25) is 0 Å². The molecule has 96 valence electrons. The topological polar surface area (TPSA) is 20.2 Å². The summed E-state index contributed by atoms with van der Waals surface area (Å²) in [7, 11) is 0. The summed E-state index contributed by atoms with van der Waals surface area (Å²) in [5, 5.41) is 15.0. The molecule has 1 aromatic rings. The number of thiophene rings is 1. The van der Waals surface area contributed by atoms with Gasteiger partial charge in [0.15, 0.2) is 0 Å². The van der Waals surface area contributed by atoms with Crippen LogP contribution in [0.2, 0.25) is 0 Å². The van der Waals surface area contributed by atoms with E-state index < -0.39 is 5.60 Å². The van der Waals surface area contributed by atoms with E-state index in [1.807, 2.05) is 0 Å². The molecule has 17 heavy (non-hydrogen) atoms. The summed E-state index contributed by atoms with van der Waals surface area (Å²) in [4.78, 5) is 0. The zero-order chi connectivity index (χ0) is 12.1. The molecular formula is C15H24OS. The van der Waals surface area contributed by atoms with Crippen molar-refractivity contribution in [3.8, 4) is 0 Å². The Kier molecular flexibility index (Phi) is 4.63. The minimum Gasteiger partial charge on any atom is -0.390 e. The summed E-state index contributed by atoms with van der Waals surface area (Å²) in [5.41, 5.74) is 0.885. The van der Waals surface area contributed by atoms with Gasteiger partial charge < -0.3 is 5.11 Å². The Morgan fingerprint density at radius 3 is 3.00 bits per heavy atom. The Morgan fingerprint density at radius 2 is 2.29 bits per heavy atom. The molecule has 1 heterocycles. The van der Waals surface area contributed by atoms with Crippen molar-refractivity contribution in [3.63, 3.8) is 0 Å². The average Bonchev–Trinajstić information content (AvgIpc) is 2.72. The number of hydrogen-bond acceptors (Lipinski definition) is 2. The van der Waals surface area contributed by atoms with Crippen molar-refractivity contribution >= 4 is 11.3 Å². The summed E-state index contributed by atoms with van der Waals surface area (Å²) in [6, 6.07) is 2.15. The number of rotatable bonds is 4. The fourth-order valence-electron chi connectivity index (χ4n) is 3.11. The Bertz CT molecular complexity index is 320. The standard InChI is InChI=1S/C15H24OS/c1-2-4-13-5-3-8-15(16,9-6-13)11-14-7-10-17-12-14/h7,10,12-13,16H,2-6,8-9,11H2,1H3. The summed E-state index contributed by atoms with van der Waals surface area (Å²) >= 11 is 1.73. The maximum absolute atomic E-state index is 10.7. The first kappa shape index (κ1) is 13.1. The lowest BCUT2D eigenvalue weighted by Gasteiger charge is -2.26. The Labute approximate surface area is 109 Å². The van der Waals surface area contributed by atoms with Crippen molar-refractivity contribution in [2.45, 2.75) is 63.9 Å². The molecule has 0 aliphatic heterocycles. The van der Waals surface area contributed by atoms with Crippen LogP contribution in [0.25, 0.3) is 0 Å². The molecule has 2 atom stereocenters. The van der Waals surface area contributed by atoms with Crippen LogP contribution in [0, 0.1) is 5.92 Å². The monoisotopic (exact) mass is 252 g/mol. The fraction of sp³-hybridized carbons (Fsp3) is 0.733. The van der Waals surface area contributed by atoms with Crippen molar-refractivity contribution < 1.29 is 5.11 Å². The smallest absolute Gasteiger partial charge is 0.0688 e. The van der Waals surface area contributed by atoms with E-state index in [1.165, 1.54) is 37.7 Å². The second kappa shape index (κ2) is 6.01. The molecule has 0 amide bonds. The third kappa shape index (κ3) is 3.82. The number of aliphatic hydroxyl groups is 1. The summed E-state index contributed by atoms with van der Waals surface area (Å²) < 4.78 is 0. The molecule has 1 aliphatic carbocycles. The minimum absolute atomic E-state index is 0.427. The first-order valence-electron chi connectivity index (χ1n) is 6.95. The molecule has 1 aromatic heterocycles. The normalized spacial score (nSPS) is 30.1. The zero-order valence-corrected chi connectivity index (χ0v) is 11.6. The van der Waals surface area contributed by atoms with Gasteiger partial charge in [-0.1, -0.05) is 32.6 Å². The second-order valence-electron chi connectivity index (χ2n) is 5.62. The highest BCUT2D eigenvalue weighted by molar-refractivity contribution is 7.07. The summed E-state index contributed by atoms with van der Waals surface area (Å²) in [6.07, 6.45) is 9.20. The van der Waals surface area contributed by atoms with E-state index in [0.717, 1.165) is 25.2 Å². The molecule has 2 unspecified atom stereocenters. The van der Waals surface area contributed by atoms with Gasteiger partial charge in [-0.15, -0.1) is 0 Å². The van der Waals surface area contributed by atoms with Crippen molar-refractivity contribution in [2.24, 2.45) is 5.92 Å². The van der Waals surface area contributed by atoms with Crippen LogP contribution in [0.4, 0.5) is 0 Å². The summed E-state index contributed by atoms with van der Waals surface area (Å²) in [6.45, 7) is 2.27. The van der Waals surface area contributed by atoms with Crippen LogP contribution < -0.4 is 0 Å². The third-order valence-electron chi connectivity index (χ3n) is 4.08. The highest BCUT2D eigenvalue weighted by atomic mass is 32.1. The SMILES string of the molecule is CCCC1CCCC(O)(Cc2ccsc2)CC1. The molecule has 0 spiro atoms. The van der Waals surface area contributed by atoms with Gasteiger partial charge in [-0.2, -0.15) is 11.3 Å². The average molecular weight is 252 g/mol. The zero-order valence-electron chi connectivity index (χ0n) is 10.8. The molecule has 0 radical (unpaired) electrons. The van der Waals surface area contributed by atoms with Gasteiger partial charge in [0.1, 0.15) is 0 Å². The van der Waals surface area contributed by atoms with Gasteiger partial charge in [-0.05, 0) is 47.6 Å². The molecule has 0 aromatic carbocycles. The van der Waals surface area contributed by atoms with Gasteiger partial charge >= 0.3 is 0 Å². The van der Waals surface area contributed by atoms with Gasteiger partial charge in [0, 0.05) is 6.42 Å². The van der Waals surface area contributed by atoms with Crippen LogP contribution in [-0.2, 0) is 6.42 Å². The second-order valence-corrected chi connectivity index (χ2v) is 6.40. The Hall–Kier alpha value is -0.340.